The highest BCUT2D eigenvalue weighted by molar-refractivity contribution is 6.04. The molecule has 1 amide bonds. The summed E-state index contributed by atoms with van der Waals surface area (Å²) in [6.45, 7) is 13.5. The van der Waals surface area contributed by atoms with E-state index in [0.717, 1.165) is 68.2 Å². The van der Waals surface area contributed by atoms with Crippen molar-refractivity contribution in [2.75, 3.05) is 57.1 Å². The normalized spacial score (nSPS) is 20.3. The fourth-order valence-corrected chi connectivity index (χ4v) is 5.69. The number of rotatable bonds is 11. The first-order valence-electron chi connectivity index (χ1n) is 16.6. The minimum absolute atomic E-state index is 0.116. The maximum atomic E-state index is 13.2. The largest absolute Gasteiger partial charge is 0.512 e. The average molecular weight is 645 g/mol. The van der Waals surface area contributed by atoms with Crippen molar-refractivity contribution in [3.63, 3.8) is 0 Å². The smallest absolute Gasteiger partial charge is 0.431 e. The molecule has 0 aliphatic carbocycles. The zero-order chi connectivity index (χ0) is 33.4. The molecule has 11 nitrogen and oxygen atoms in total. The fourth-order valence-electron chi connectivity index (χ4n) is 5.69. The van der Waals surface area contributed by atoms with Gasteiger partial charge in [-0.15, -0.1) is 0 Å². The number of carbonyl (C=O) groups is 2. The Morgan fingerprint density at radius 3 is 2.55 bits per heavy atom. The van der Waals surface area contributed by atoms with Crippen LogP contribution < -0.4 is 21.3 Å². The van der Waals surface area contributed by atoms with Crippen molar-refractivity contribution in [1.29, 1.82) is 0 Å². The van der Waals surface area contributed by atoms with Gasteiger partial charge in [0.15, 0.2) is 0 Å². The molecule has 2 aliphatic rings. The van der Waals surface area contributed by atoms with Gasteiger partial charge in [-0.2, -0.15) is 0 Å². The molecular weight excluding hydrogens is 594 g/mol. The van der Waals surface area contributed by atoms with Crippen LogP contribution >= 0.6 is 0 Å². The average Bonchev–Trinajstić information content (AvgIpc) is 3.07. The van der Waals surface area contributed by atoms with Crippen molar-refractivity contribution in [2.24, 2.45) is 5.92 Å². The number of likely N-dealkylation sites (N-methyl/N-ethyl adjacent to an activating group) is 1. The Kier molecular flexibility index (Phi) is 11.5. The zero-order valence-corrected chi connectivity index (χ0v) is 28.3. The molecule has 0 bridgehead atoms. The molecule has 252 valence electrons. The van der Waals surface area contributed by atoms with Crippen LogP contribution in [0.25, 0.3) is 0 Å². The predicted molar refractivity (Wildman–Crippen MR) is 184 cm³/mol. The second kappa shape index (κ2) is 15.7. The topological polar surface area (TPSA) is 117 Å². The number of aromatic nitrogens is 1. The van der Waals surface area contributed by atoms with Gasteiger partial charge in [0.2, 0.25) is 6.73 Å². The number of benzene rings is 2. The molecule has 4 N–H and O–H groups in total. The van der Waals surface area contributed by atoms with Gasteiger partial charge in [-0.25, -0.2) is 4.79 Å². The van der Waals surface area contributed by atoms with Gasteiger partial charge in [-0.05, 0) is 73.2 Å². The molecular formula is C36H50N7O4+. The van der Waals surface area contributed by atoms with Crippen LogP contribution in [-0.4, -0.2) is 85.3 Å². The van der Waals surface area contributed by atoms with E-state index >= 15 is 0 Å². The van der Waals surface area contributed by atoms with E-state index in [4.69, 9.17) is 9.47 Å². The summed E-state index contributed by atoms with van der Waals surface area (Å²) >= 11 is 0. The quantitative estimate of drug-likeness (QED) is 0.168. The SMILES string of the molecule is Cc1ccc(NC(=O)c2ccc(CN3CC[N+](C)(COC(=O)OC(C)C(C)C)CC3)cc2)cc1NC1NCCC(c2cccnc2)N1. The Hall–Kier alpha value is -4.03. The van der Waals surface area contributed by atoms with Crippen molar-refractivity contribution >= 4 is 23.4 Å². The van der Waals surface area contributed by atoms with Gasteiger partial charge in [-0.1, -0.05) is 38.1 Å². The number of nitrogens with one attached hydrogen (secondary N) is 4. The molecule has 0 radical (unpaired) electrons. The van der Waals surface area contributed by atoms with Crippen LogP contribution in [0.2, 0.25) is 0 Å². The Morgan fingerprint density at radius 2 is 1.85 bits per heavy atom. The van der Waals surface area contributed by atoms with Crippen LogP contribution in [0.1, 0.15) is 60.3 Å². The molecule has 2 aliphatic heterocycles. The minimum Gasteiger partial charge on any atom is -0.431 e. The van der Waals surface area contributed by atoms with Crippen molar-refractivity contribution in [3.8, 4) is 0 Å². The molecule has 0 spiro atoms. The van der Waals surface area contributed by atoms with Gasteiger partial charge in [0, 0.05) is 61.6 Å². The van der Waals surface area contributed by atoms with Gasteiger partial charge in [0.1, 0.15) is 12.4 Å². The van der Waals surface area contributed by atoms with E-state index in [-0.39, 0.29) is 30.3 Å². The standard InChI is InChI=1S/C36H49N7O4/c1-25(2)27(4)47-36(45)46-24-43(5)19-17-42(18-20-43)23-28-9-11-29(12-10-28)34(44)39-31-13-8-26(3)33(21-31)41-35-38-16-14-32(40-35)30-7-6-15-37-22-30/h6-13,15,21-22,25,27,32,35,38,40-41H,14,16-20,23-24H2,1-5H3/p+1. The molecule has 5 rings (SSSR count). The molecule has 2 saturated heterocycles. The number of quaternary nitrogens is 1. The molecule has 2 aromatic carbocycles. The van der Waals surface area contributed by atoms with Crippen LogP contribution in [-0.2, 0) is 16.0 Å². The van der Waals surface area contributed by atoms with E-state index in [1.54, 1.807) is 6.20 Å². The number of ether oxygens (including phenoxy) is 2. The third-order valence-corrected chi connectivity index (χ3v) is 9.28. The summed E-state index contributed by atoms with van der Waals surface area (Å²) in [5.74, 6) is 0.0994. The second-order valence-electron chi connectivity index (χ2n) is 13.4. The number of hydrogen-bond acceptors (Lipinski definition) is 9. The highest BCUT2D eigenvalue weighted by Gasteiger charge is 2.30. The van der Waals surface area contributed by atoms with Gasteiger partial charge in [-0.3, -0.25) is 29.8 Å². The number of pyridine rings is 1. The summed E-state index contributed by atoms with van der Waals surface area (Å²) in [6, 6.07) is 18.0. The molecule has 3 heterocycles. The van der Waals surface area contributed by atoms with E-state index in [9.17, 15) is 9.59 Å². The van der Waals surface area contributed by atoms with Gasteiger partial charge >= 0.3 is 6.16 Å². The predicted octanol–water partition coefficient (Wildman–Crippen LogP) is 5.08. The van der Waals surface area contributed by atoms with Crippen LogP contribution in [0.5, 0.6) is 0 Å². The van der Waals surface area contributed by atoms with Crippen LogP contribution in [0.15, 0.2) is 67.0 Å². The maximum absolute atomic E-state index is 13.2. The van der Waals surface area contributed by atoms with Crippen molar-refractivity contribution in [2.45, 2.75) is 59.1 Å². The van der Waals surface area contributed by atoms with Crippen molar-refractivity contribution in [1.82, 2.24) is 20.5 Å². The molecule has 2 fully saturated rings. The van der Waals surface area contributed by atoms with E-state index in [2.05, 4.69) is 51.2 Å². The summed E-state index contributed by atoms with van der Waals surface area (Å²) in [6.07, 6.45) is 3.79. The number of carbonyl (C=O) groups excluding carboxylic acids is 2. The minimum atomic E-state index is -0.596. The second-order valence-corrected chi connectivity index (χ2v) is 13.4. The highest BCUT2D eigenvalue weighted by atomic mass is 16.7. The Balaban J connectivity index is 1.08. The first-order chi connectivity index (χ1) is 22.6. The molecule has 47 heavy (non-hydrogen) atoms. The van der Waals surface area contributed by atoms with Crippen LogP contribution in [0.3, 0.4) is 0 Å². The van der Waals surface area contributed by atoms with E-state index < -0.39 is 6.16 Å². The molecule has 3 atom stereocenters. The van der Waals surface area contributed by atoms with E-state index in [1.807, 2.05) is 75.5 Å². The fraction of sp³-hybridized carbons (Fsp3) is 0.472. The van der Waals surface area contributed by atoms with E-state index in [1.165, 1.54) is 5.56 Å². The highest BCUT2D eigenvalue weighted by Crippen LogP contribution is 2.24. The van der Waals surface area contributed by atoms with Gasteiger partial charge < -0.3 is 20.1 Å². The summed E-state index contributed by atoms with van der Waals surface area (Å²) in [4.78, 5) is 31.9. The third-order valence-electron chi connectivity index (χ3n) is 9.28. The lowest BCUT2D eigenvalue weighted by molar-refractivity contribution is -0.929. The summed E-state index contributed by atoms with van der Waals surface area (Å²) in [5.41, 5.74) is 5.69. The monoisotopic (exact) mass is 644 g/mol. The lowest BCUT2D eigenvalue weighted by atomic mass is 10.0. The summed E-state index contributed by atoms with van der Waals surface area (Å²) in [5, 5.41) is 13.7. The summed E-state index contributed by atoms with van der Waals surface area (Å²) in [7, 11) is 2.11. The number of amides is 1. The van der Waals surface area contributed by atoms with Crippen LogP contribution in [0, 0.1) is 12.8 Å². The number of nitrogens with zero attached hydrogens (tertiary/aromatic N) is 3. The molecule has 1 aromatic heterocycles. The number of anilines is 2. The van der Waals surface area contributed by atoms with Crippen molar-refractivity contribution < 1.29 is 23.5 Å². The number of piperazine rings is 1. The third kappa shape index (κ3) is 9.74. The summed E-state index contributed by atoms with van der Waals surface area (Å²) < 4.78 is 11.5. The van der Waals surface area contributed by atoms with Gasteiger partial charge in [0.05, 0.1) is 20.1 Å². The first kappa shape index (κ1) is 34.3. The molecule has 3 aromatic rings. The molecule has 11 heteroatoms. The van der Waals surface area contributed by atoms with Gasteiger partial charge in [0.25, 0.3) is 5.91 Å². The lowest BCUT2D eigenvalue weighted by Crippen LogP contribution is -2.58. The Bertz CT molecular complexity index is 1480. The zero-order valence-electron chi connectivity index (χ0n) is 28.3. The Labute approximate surface area is 278 Å². The molecule has 0 saturated carbocycles. The maximum Gasteiger partial charge on any atom is 0.512 e. The lowest BCUT2D eigenvalue weighted by Gasteiger charge is -2.41. The first-order valence-corrected chi connectivity index (χ1v) is 16.6. The number of aryl methyl sites for hydroxylation is 1. The van der Waals surface area contributed by atoms with Crippen LogP contribution in [0.4, 0.5) is 16.2 Å². The van der Waals surface area contributed by atoms with Crippen molar-refractivity contribution in [3.05, 3.63) is 89.2 Å². The van der Waals surface area contributed by atoms with E-state index in [0.29, 0.717) is 16.8 Å². The Morgan fingerprint density at radius 1 is 1.09 bits per heavy atom. The number of hydrogen-bond donors (Lipinski definition) is 4. The molecule has 3 unspecified atom stereocenters.